The molecule has 0 fully saturated rings. The Morgan fingerprint density at radius 1 is 0.600 bits per heavy atom. The molecule has 0 atom stereocenters. The minimum absolute atomic E-state index is 0.266. The van der Waals surface area contributed by atoms with Crippen LogP contribution in [0.1, 0.15) is 12.8 Å². The standard InChI is InChI=1S/C22H23BrFP/c23-25(19-11-10-18-24,20-12-4-1-5-13-20,21-14-6-2-7-15-21)22-16-8-3-9-17-22/h1-9,12-17H,10-11,18-19H2. The van der Waals surface area contributed by atoms with Crippen molar-refractivity contribution in [3.8, 4) is 0 Å². The maximum atomic E-state index is 12.9. The molecule has 0 saturated carbocycles. The number of rotatable bonds is 7. The number of hydrogen-bond acceptors (Lipinski definition) is 0. The van der Waals surface area contributed by atoms with Crippen molar-refractivity contribution in [2.45, 2.75) is 12.8 Å². The van der Waals surface area contributed by atoms with Crippen LogP contribution in [0.3, 0.4) is 0 Å². The van der Waals surface area contributed by atoms with Crippen LogP contribution in [-0.2, 0) is 0 Å². The Hall–Kier alpha value is -1.50. The van der Waals surface area contributed by atoms with E-state index in [1.807, 2.05) is 0 Å². The predicted molar refractivity (Wildman–Crippen MR) is 114 cm³/mol. The Labute approximate surface area is 157 Å². The summed E-state index contributed by atoms with van der Waals surface area (Å²) in [6.45, 7) is -0.266. The summed E-state index contributed by atoms with van der Waals surface area (Å²) in [6.07, 6.45) is 2.35. The zero-order valence-electron chi connectivity index (χ0n) is 14.2. The molecule has 3 aromatic rings. The summed E-state index contributed by atoms with van der Waals surface area (Å²) in [4.78, 5) is 0. The second kappa shape index (κ2) is 7.81. The summed E-state index contributed by atoms with van der Waals surface area (Å²) < 4.78 is 12.9. The molecule has 0 N–H and O–H groups in total. The van der Waals surface area contributed by atoms with Crippen molar-refractivity contribution >= 4 is 36.7 Å². The van der Waals surface area contributed by atoms with Gasteiger partial charge in [-0.1, -0.05) is 0 Å². The zero-order valence-corrected chi connectivity index (χ0v) is 16.7. The van der Waals surface area contributed by atoms with E-state index >= 15 is 0 Å². The summed E-state index contributed by atoms with van der Waals surface area (Å²) in [5.41, 5.74) is 0. The van der Waals surface area contributed by atoms with E-state index in [0.29, 0.717) is 6.42 Å². The van der Waals surface area contributed by atoms with Gasteiger partial charge in [0.2, 0.25) is 0 Å². The van der Waals surface area contributed by atoms with Crippen LogP contribution in [0.5, 0.6) is 0 Å². The summed E-state index contributed by atoms with van der Waals surface area (Å²) in [5.74, 6) is 0. The molecule has 0 spiro atoms. The Morgan fingerprint density at radius 2 is 0.960 bits per heavy atom. The van der Waals surface area contributed by atoms with Crippen LogP contribution in [0.15, 0.2) is 91.0 Å². The van der Waals surface area contributed by atoms with Crippen molar-refractivity contribution in [1.82, 2.24) is 0 Å². The number of halogens is 2. The number of alkyl halides is 1. The third kappa shape index (κ3) is 3.30. The van der Waals surface area contributed by atoms with Crippen LogP contribution < -0.4 is 15.9 Å². The third-order valence-electron chi connectivity index (χ3n) is 4.85. The van der Waals surface area contributed by atoms with Crippen molar-refractivity contribution in [3.05, 3.63) is 91.0 Å². The van der Waals surface area contributed by atoms with Crippen LogP contribution in [0.4, 0.5) is 4.39 Å². The van der Waals surface area contributed by atoms with Crippen LogP contribution in [0.2, 0.25) is 0 Å². The SMILES string of the molecule is FCCCCP(Br)(c1ccccc1)(c1ccccc1)c1ccccc1. The normalized spacial score (nSPS) is 13.1. The molecule has 3 rings (SSSR count). The second-order valence-electron chi connectivity index (χ2n) is 6.31. The van der Waals surface area contributed by atoms with Gasteiger partial charge in [0, 0.05) is 0 Å². The predicted octanol–water partition coefficient (Wildman–Crippen LogP) is 5.58. The summed E-state index contributed by atoms with van der Waals surface area (Å²) in [5, 5.41) is 1.06. The first-order valence-corrected chi connectivity index (χ1v) is 13.1. The molecule has 0 aliphatic carbocycles. The van der Waals surface area contributed by atoms with Gasteiger partial charge in [-0.3, -0.25) is 0 Å². The minimum atomic E-state index is -2.82. The second-order valence-corrected chi connectivity index (χ2v) is 15.4. The molecule has 0 aromatic heterocycles. The molecule has 130 valence electrons. The summed E-state index contributed by atoms with van der Waals surface area (Å²) in [7, 11) is 0. The molecular formula is C22H23BrFP. The Kier molecular flexibility index (Phi) is 5.71. The van der Waals surface area contributed by atoms with Gasteiger partial charge < -0.3 is 0 Å². The first kappa shape index (κ1) is 18.3. The number of benzene rings is 3. The van der Waals surface area contributed by atoms with Gasteiger partial charge in [-0.2, -0.15) is 0 Å². The van der Waals surface area contributed by atoms with Crippen LogP contribution >= 0.6 is 20.8 Å². The summed E-state index contributed by atoms with van der Waals surface area (Å²) >= 11 is 4.36. The van der Waals surface area contributed by atoms with Crippen LogP contribution in [0.25, 0.3) is 0 Å². The van der Waals surface area contributed by atoms with Crippen LogP contribution in [0, 0.1) is 0 Å². The molecule has 0 heterocycles. The monoisotopic (exact) mass is 416 g/mol. The van der Waals surface area contributed by atoms with Crippen molar-refractivity contribution < 1.29 is 4.39 Å². The quantitative estimate of drug-likeness (QED) is 0.348. The van der Waals surface area contributed by atoms with Gasteiger partial charge in [-0.25, -0.2) is 0 Å². The van der Waals surface area contributed by atoms with Gasteiger partial charge in [-0.05, 0) is 0 Å². The van der Waals surface area contributed by atoms with Crippen molar-refractivity contribution in [1.29, 1.82) is 0 Å². The van der Waals surface area contributed by atoms with Gasteiger partial charge in [0.25, 0.3) is 0 Å². The summed E-state index contributed by atoms with van der Waals surface area (Å²) in [6, 6.07) is 32.0. The Balaban J connectivity index is 2.32. The molecule has 0 saturated heterocycles. The molecule has 25 heavy (non-hydrogen) atoms. The van der Waals surface area contributed by atoms with E-state index in [0.717, 1.165) is 12.6 Å². The third-order valence-corrected chi connectivity index (χ3v) is 14.9. The topological polar surface area (TPSA) is 0 Å². The van der Waals surface area contributed by atoms with Crippen molar-refractivity contribution in [2.75, 3.05) is 12.8 Å². The fourth-order valence-electron chi connectivity index (χ4n) is 3.55. The molecule has 0 bridgehead atoms. The van der Waals surface area contributed by atoms with Crippen molar-refractivity contribution in [3.63, 3.8) is 0 Å². The van der Waals surface area contributed by atoms with Gasteiger partial charge in [-0.15, -0.1) is 0 Å². The van der Waals surface area contributed by atoms with E-state index < -0.39 is 5.31 Å². The van der Waals surface area contributed by atoms with E-state index in [2.05, 4.69) is 106 Å². The molecule has 0 aliphatic rings. The molecule has 0 amide bonds. The molecule has 0 aliphatic heterocycles. The molecule has 3 heteroatoms. The zero-order chi connectivity index (χ0) is 17.6. The molecule has 0 radical (unpaired) electrons. The fraction of sp³-hybridized carbons (Fsp3) is 0.182. The molecule has 0 nitrogen and oxygen atoms in total. The first-order chi connectivity index (χ1) is 12.2. The van der Waals surface area contributed by atoms with E-state index in [9.17, 15) is 4.39 Å². The van der Waals surface area contributed by atoms with Crippen LogP contribution in [-0.4, -0.2) is 12.8 Å². The average Bonchev–Trinajstić information content (AvgIpc) is 2.70. The van der Waals surface area contributed by atoms with Gasteiger partial charge in [0.15, 0.2) is 0 Å². The molecule has 0 unspecified atom stereocenters. The average molecular weight is 417 g/mol. The maximum absolute atomic E-state index is 12.9. The Morgan fingerprint density at radius 3 is 1.28 bits per heavy atom. The number of hydrogen-bond donors (Lipinski definition) is 0. The van der Waals surface area contributed by atoms with E-state index in [-0.39, 0.29) is 6.67 Å². The van der Waals surface area contributed by atoms with Gasteiger partial charge >= 0.3 is 158 Å². The first-order valence-electron chi connectivity index (χ1n) is 8.66. The number of unbranched alkanes of at least 4 members (excludes halogenated alkanes) is 1. The van der Waals surface area contributed by atoms with E-state index in [1.54, 1.807) is 0 Å². The fourth-order valence-corrected chi connectivity index (χ4v) is 11.3. The van der Waals surface area contributed by atoms with Crippen molar-refractivity contribution in [2.24, 2.45) is 0 Å². The molecule has 3 aromatic carbocycles. The Bertz CT molecular complexity index is 691. The van der Waals surface area contributed by atoms with Gasteiger partial charge in [0.05, 0.1) is 0 Å². The van der Waals surface area contributed by atoms with E-state index in [1.165, 1.54) is 15.9 Å². The van der Waals surface area contributed by atoms with E-state index in [4.69, 9.17) is 0 Å². The molecular weight excluding hydrogens is 394 g/mol. The van der Waals surface area contributed by atoms with Gasteiger partial charge in [0.1, 0.15) is 0 Å².